The van der Waals surface area contributed by atoms with Gasteiger partial charge in [-0.3, -0.25) is 4.68 Å². The first kappa shape index (κ1) is 13.1. The second-order valence-corrected chi connectivity index (χ2v) is 4.46. The predicted octanol–water partition coefficient (Wildman–Crippen LogP) is 3.99. The summed E-state index contributed by atoms with van der Waals surface area (Å²) in [5.41, 5.74) is 3.83. The summed E-state index contributed by atoms with van der Waals surface area (Å²) in [6, 6.07) is 6.11. The molecule has 0 fully saturated rings. The molecule has 0 aliphatic carbocycles. The van der Waals surface area contributed by atoms with Crippen molar-refractivity contribution in [3.63, 3.8) is 0 Å². The molecule has 19 heavy (non-hydrogen) atoms. The molecule has 0 saturated carbocycles. The molecule has 3 nitrogen and oxygen atoms in total. The molecule has 0 spiro atoms. The molecule has 0 aliphatic heterocycles. The zero-order chi connectivity index (χ0) is 14.0. The van der Waals surface area contributed by atoms with Gasteiger partial charge in [0.2, 0.25) is 0 Å². The Morgan fingerprint density at radius 2 is 2.16 bits per heavy atom. The first-order chi connectivity index (χ1) is 9.08. The number of rotatable bonds is 3. The quantitative estimate of drug-likeness (QED) is 0.664. The van der Waals surface area contributed by atoms with Crippen molar-refractivity contribution in [2.75, 3.05) is 0 Å². The highest BCUT2D eigenvalue weighted by Crippen LogP contribution is 2.26. The molecule has 0 saturated heterocycles. The van der Waals surface area contributed by atoms with Gasteiger partial charge in [0.15, 0.2) is 0 Å². The topological polar surface area (TPSA) is 38.1 Å². The van der Waals surface area contributed by atoms with Gasteiger partial charge in [0.25, 0.3) is 0 Å². The van der Waals surface area contributed by atoms with Crippen molar-refractivity contribution < 1.29 is 5.11 Å². The average molecular weight is 254 g/mol. The Morgan fingerprint density at radius 3 is 2.79 bits per heavy atom. The molecule has 0 bridgehead atoms. The maximum absolute atomic E-state index is 9.86. The van der Waals surface area contributed by atoms with Crippen molar-refractivity contribution >= 4 is 16.5 Å². The Balaban J connectivity index is 2.64. The summed E-state index contributed by atoms with van der Waals surface area (Å²) >= 11 is 0. The van der Waals surface area contributed by atoms with Crippen LogP contribution in [0.2, 0.25) is 0 Å². The van der Waals surface area contributed by atoms with E-state index in [1.807, 2.05) is 43.9 Å². The summed E-state index contributed by atoms with van der Waals surface area (Å²) in [6.45, 7) is 7.54. The van der Waals surface area contributed by atoms with Gasteiger partial charge in [0.05, 0.1) is 11.7 Å². The van der Waals surface area contributed by atoms with Gasteiger partial charge in [0.1, 0.15) is 5.76 Å². The molecule has 3 heteroatoms. The van der Waals surface area contributed by atoms with Gasteiger partial charge in [-0.15, -0.1) is 0 Å². The molecule has 2 aromatic rings. The van der Waals surface area contributed by atoms with Crippen LogP contribution in [0, 0.1) is 0 Å². The van der Waals surface area contributed by atoms with E-state index in [0.29, 0.717) is 0 Å². The van der Waals surface area contributed by atoms with E-state index in [1.54, 1.807) is 12.2 Å². The maximum atomic E-state index is 9.86. The van der Waals surface area contributed by atoms with Crippen molar-refractivity contribution in [2.45, 2.75) is 13.8 Å². The van der Waals surface area contributed by atoms with E-state index in [4.69, 9.17) is 0 Å². The van der Waals surface area contributed by atoms with E-state index >= 15 is 0 Å². The van der Waals surface area contributed by atoms with E-state index < -0.39 is 0 Å². The zero-order valence-electron chi connectivity index (χ0n) is 11.5. The summed E-state index contributed by atoms with van der Waals surface area (Å²) in [4.78, 5) is 0. The number of allylic oxidation sites excluding steroid dienone is 4. The molecule has 2 rings (SSSR count). The monoisotopic (exact) mass is 254 g/mol. The second kappa shape index (κ2) is 5.14. The number of hydrogen-bond acceptors (Lipinski definition) is 2. The normalized spacial score (nSPS) is 13.5. The van der Waals surface area contributed by atoms with Gasteiger partial charge < -0.3 is 5.11 Å². The van der Waals surface area contributed by atoms with Crippen LogP contribution in [-0.4, -0.2) is 14.9 Å². The van der Waals surface area contributed by atoms with E-state index in [-0.39, 0.29) is 5.76 Å². The number of nitrogens with zero attached hydrogens (tertiary/aromatic N) is 2. The highest BCUT2D eigenvalue weighted by molar-refractivity contribution is 5.86. The minimum absolute atomic E-state index is 0.278. The average Bonchev–Trinajstić information content (AvgIpc) is 2.80. The number of fused-ring (bicyclic) bond motifs is 1. The number of aromatic nitrogens is 2. The van der Waals surface area contributed by atoms with E-state index in [0.717, 1.165) is 27.6 Å². The van der Waals surface area contributed by atoms with Crippen LogP contribution in [0.4, 0.5) is 0 Å². The lowest BCUT2D eigenvalue weighted by molar-refractivity contribution is 0.423. The highest BCUT2D eigenvalue weighted by atomic mass is 16.3. The fourth-order valence-electron chi connectivity index (χ4n) is 2.15. The standard InChI is InChI=1S/C16H18N2O/c1-5-14(11(3)16(19)6-2)12-7-8-13-10-17-18(4)15(13)9-12/h5-10,19H,1H2,2-4H3/b14-11+,16-6+. The van der Waals surface area contributed by atoms with E-state index in [1.165, 1.54) is 0 Å². The third-order valence-corrected chi connectivity index (χ3v) is 3.33. The van der Waals surface area contributed by atoms with Gasteiger partial charge in [-0.1, -0.05) is 24.8 Å². The molecule has 1 heterocycles. The predicted molar refractivity (Wildman–Crippen MR) is 79.9 cm³/mol. The molecular weight excluding hydrogens is 236 g/mol. The van der Waals surface area contributed by atoms with Crippen LogP contribution in [0.3, 0.4) is 0 Å². The molecule has 0 aliphatic rings. The summed E-state index contributed by atoms with van der Waals surface area (Å²) in [6.07, 6.45) is 5.29. The molecular formula is C16H18N2O. The molecule has 0 atom stereocenters. The second-order valence-electron chi connectivity index (χ2n) is 4.46. The number of hydrogen-bond donors (Lipinski definition) is 1. The van der Waals surface area contributed by atoms with Crippen LogP contribution >= 0.6 is 0 Å². The van der Waals surface area contributed by atoms with Crippen molar-refractivity contribution in [1.82, 2.24) is 9.78 Å². The van der Waals surface area contributed by atoms with Crippen LogP contribution in [0.25, 0.3) is 16.5 Å². The lowest BCUT2D eigenvalue weighted by atomic mass is 9.98. The van der Waals surface area contributed by atoms with E-state index in [2.05, 4.69) is 17.7 Å². The first-order valence-electron chi connectivity index (χ1n) is 6.19. The van der Waals surface area contributed by atoms with Gasteiger partial charge in [-0.05, 0) is 42.7 Å². The van der Waals surface area contributed by atoms with Crippen LogP contribution < -0.4 is 0 Å². The van der Waals surface area contributed by atoms with Crippen LogP contribution in [0.1, 0.15) is 19.4 Å². The fourth-order valence-corrected chi connectivity index (χ4v) is 2.15. The number of aliphatic hydroxyl groups is 1. The molecule has 1 N–H and O–H groups in total. The fraction of sp³-hybridized carbons (Fsp3) is 0.188. The lowest BCUT2D eigenvalue weighted by Gasteiger charge is -2.09. The summed E-state index contributed by atoms with van der Waals surface area (Å²) in [7, 11) is 1.92. The van der Waals surface area contributed by atoms with Gasteiger partial charge in [0, 0.05) is 12.4 Å². The molecule has 98 valence electrons. The first-order valence-corrected chi connectivity index (χ1v) is 6.19. The molecule has 0 radical (unpaired) electrons. The molecule has 1 aromatic heterocycles. The molecule has 0 amide bonds. The minimum Gasteiger partial charge on any atom is -0.508 e. The van der Waals surface area contributed by atoms with E-state index in [9.17, 15) is 5.11 Å². The van der Waals surface area contributed by atoms with Crippen molar-refractivity contribution in [2.24, 2.45) is 7.05 Å². The highest BCUT2D eigenvalue weighted by Gasteiger charge is 2.08. The Hall–Kier alpha value is -2.29. The maximum Gasteiger partial charge on any atom is 0.114 e. The Morgan fingerprint density at radius 1 is 1.42 bits per heavy atom. The lowest BCUT2D eigenvalue weighted by Crippen LogP contribution is -1.93. The number of aryl methyl sites for hydroxylation is 1. The summed E-state index contributed by atoms with van der Waals surface area (Å²) < 4.78 is 1.84. The third kappa shape index (κ3) is 2.32. The summed E-state index contributed by atoms with van der Waals surface area (Å²) in [5, 5.41) is 15.2. The summed E-state index contributed by atoms with van der Waals surface area (Å²) in [5.74, 6) is 0.278. The largest absolute Gasteiger partial charge is 0.508 e. The van der Waals surface area contributed by atoms with Crippen LogP contribution in [0.5, 0.6) is 0 Å². The Bertz CT molecular complexity index is 690. The Labute approximate surface area is 113 Å². The SMILES string of the molecule is C=C/C(=C(C)\C(O)=C/C)c1ccc2cnn(C)c2c1. The molecule has 1 aromatic carbocycles. The van der Waals surface area contributed by atoms with Crippen molar-refractivity contribution in [1.29, 1.82) is 0 Å². The minimum atomic E-state index is 0.278. The molecule has 0 unspecified atom stereocenters. The van der Waals surface area contributed by atoms with Crippen molar-refractivity contribution in [3.8, 4) is 0 Å². The Kier molecular flexibility index (Phi) is 3.56. The van der Waals surface area contributed by atoms with Crippen molar-refractivity contribution in [3.05, 3.63) is 60.0 Å². The number of aliphatic hydroxyl groups excluding tert-OH is 1. The van der Waals surface area contributed by atoms with Gasteiger partial charge in [-0.2, -0.15) is 5.10 Å². The zero-order valence-corrected chi connectivity index (χ0v) is 11.5. The number of benzene rings is 1. The van der Waals surface area contributed by atoms with Gasteiger partial charge >= 0.3 is 0 Å². The smallest absolute Gasteiger partial charge is 0.114 e. The van der Waals surface area contributed by atoms with Crippen LogP contribution in [-0.2, 0) is 7.05 Å². The van der Waals surface area contributed by atoms with Gasteiger partial charge in [-0.25, -0.2) is 0 Å². The third-order valence-electron chi connectivity index (χ3n) is 3.33. The van der Waals surface area contributed by atoms with Crippen LogP contribution in [0.15, 0.2) is 54.5 Å².